The van der Waals surface area contributed by atoms with Crippen LogP contribution in [0.2, 0.25) is 0 Å². The summed E-state index contributed by atoms with van der Waals surface area (Å²) in [4.78, 5) is 13.5. The van der Waals surface area contributed by atoms with E-state index in [1.54, 1.807) is 0 Å². The Bertz CT molecular complexity index is 205. The maximum Gasteiger partial charge on any atom is 0.224 e. The molecule has 94 valence electrons. The van der Waals surface area contributed by atoms with E-state index in [0.717, 1.165) is 6.54 Å². The molecule has 1 atom stereocenters. The van der Waals surface area contributed by atoms with Crippen molar-refractivity contribution >= 4 is 5.91 Å². The molecule has 5 heteroatoms. The van der Waals surface area contributed by atoms with Gasteiger partial charge in [0.25, 0.3) is 0 Å². The maximum absolute atomic E-state index is 11.7. The third kappa shape index (κ3) is 4.92. The molecule has 1 fully saturated rings. The van der Waals surface area contributed by atoms with Crippen molar-refractivity contribution in [2.75, 3.05) is 46.0 Å². The Morgan fingerprint density at radius 1 is 1.50 bits per heavy atom. The fourth-order valence-corrected chi connectivity index (χ4v) is 1.58. The molecule has 1 saturated heterocycles. The molecular weight excluding hydrogens is 208 g/mol. The van der Waals surface area contributed by atoms with Gasteiger partial charge in [-0.05, 0) is 12.5 Å². The van der Waals surface area contributed by atoms with E-state index < -0.39 is 0 Å². The molecule has 5 nitrogen and oxygen atoms in total. The van der Waals surface area contributed by atoms with Gasteiger partial charge in [0, 0.05) is 32.7 Å². The normalized spacial score (nSPS) is 18.5. The maximum atomic E-state index is 11.7. The zero-order valence-corrected chi connectivity index (χ0v) is 9.95. The minimum atomic E-state index is 0.185. The van der Waals surface area contributed by atoms with Crippen molar-refractivity contribution in [3.05, 3.63) is 0 Å². The molecular formula is C11H22N2O3. The molecule has 1 aliphatic heterocycles. The second-order valence-corrected chi connectivity index (χ2v) is 4.24. The number of carbonyl (C=O) groups is 1. The molecule has 1 heterocycles. The van der Waals surface area contributed by atoms with Crippen LogP contribution in [-0.4, -0.2) is 61.9 Å². The zero-order valence-electron chi connectivity index (χ0n) is 9.95. The summed E-state index contributed by atoms with van der Waals surface area (Å²) >= 11 is 0. The first-order valence-corrected chi connectivity index (χ1v) is 5.91. The number of hydrogen-bond acceptors (Lipinski definition) is 4. The monoisotopic (exact) mass is 230 g/mol. The van der Waals surface area contributed by atoms with Crippen LogP contribution in [0, 0.1) is 5.92 Å². The second kappa shape index (κ2) is 7.60. The van der Waals surface area contributed by atoms with Crippen LogP contribution in [0.1, 0.15) is 13.3 Å². The molecule has 1 unspecified atom stereocenters. The van der Waals surface area contributed by atoms with E-state index in [0.29, 0.717) is 39.3 Å². The average molecular weight is 230 g/mol. The summed E-state index contributed by atoms with van der Waals surface area (Å²) in [6.45, 7) is 6.33. The van der Waals surface area contributed by atoms with Gasteiger partial charge in [-0.15, -0.1) is 0 Å². The number of aliphatic hydroxyl groups excluding tert-OH is 1. The van der Waals surface area contributed by atoms with Crippen LogP contribution in [0.5, 0.6) is 0 Å². The summed E-state index contributed by atoms with van der Waals surface area (Å²) in [6.07, 6.45) is 0.526. The first-order valence-electron chi connectivity index (χ1n) is 5.91. The Kier molecular flexibility index (Phi) is 6.37. The van der Waals surface area contributed by atoms with Gasteiger partial charge in [0.2, 0.25) is 5.91 Å². The predicted molar refractivity (Wildman–Crippen MR) is 61.1 cm³/mol. The summed E-state index contributed by atoms with van der Waals surface area (Å²) in [5.41, 5.74) is 0. The number of nitrogens with zero attached hydrogens (tertiary/aromatic N) is 1. The summed E-state index contributed by atoms with van der Waals surface area (Å²) in [7, 11) is 0. The Morgan fingerprint density at radius 2 is 2.19 bits per heavy atom. The van der Waals surface area contributed by atoms with Crippen LogP contribution >= 0.6 is 0 Å². The van der Waals surface area contributed by atoms with E-state index in [9.17, 15) is 4.79 Å². The number of morpholine rings is 1. The number of carbonyl (C=O) groups excluding carboxylic acids is 1. The number of amides is 1. The number of nitrogens with one attached hydrogen (secondary N) is 1. The highest BCUT2D eigenvalue weighted by Gasteiger charge is 2.15. The highest BCUT2D eigenvalue weighted by atomic mass is 16.5. The molecule has 0 aromatic heterocycles. The van der Waals surface area contributed by atoms with Crippen LogP contribution < -0.4 is 5.32 Å². The lowest BCUT2D eigenvalue weighted by Gasteiger charge is -2.26. The minimum Gasteiger partial charge on any atom is -0.396 e. The van der Waals surface area contributed by atoms with Crippen LogP contribution in [0.3, 0.4) is 0 Å². The van der Waals surface area contributed by atoms with Crippen LogP contribution in [-0.2, 0) is 9.53 Å². The lowest BCUT2D eigenvalue weighted by molar-refractivity contribution is -0.135. The lowest BCUT2D eigenvalue weighted by Crippen LogP contribution is -2.41. The molecule has 1 aliphatic rings. The van der Waals surface area contributed by atoms with Gasteiger partial charge in [-0.3, -0.25) is 4.79 Å². The van der Waals surface area contributed by atoms with Crippen molar-refractivity contribution in [3.63, 3.8) is 0 Å². The summed E-state index contributed by atoms with van der Waals surface area (Å²) in [5.74, 6) is 0.436. The van der Waals surface area contributed by atoms with Crippen molar-refractivity contribution in [1.82, 2.24) is 10.2 Å². The molecule has 0 saturated carbocycles. The highest BCUT2D eigenvalue weighted by molar-refractivity contribution is 5.76. The minimum absolute atomic E-state index is 0.185. The van der Waals surface area contributed by atoms with Crippen LogP contribution in [0.4, 0.5) is 0 Å². The average Bonchev–Trinajstić information content (AvgIpc) is 2.35. The smallest absolute Gasteiger partial charge is 0.224 e. The van der Waals surface area contributed by atoms with E-state index in [2.05, 4.69) is 5.32 Å². The third-order valence-electron chi connectivity index (χ3n) is 2.68. The van der Waals surface area contributed by atoms with Gasteiger partial charge in [0.05, 0.1) is 13.2 Å². The molecule has 16 heavy (non-hydrogen) atoms. The molecule has 2 N–H and O–H groups in total. The van der Waals surface area contributed by atoms with E-state index in [1.165, 1.54) is 0 Å². The van der Waals surface area contributed by atoms with E-state index in [-0.39, 0.29) is 18.4 Å². The van der Waals surface area contributed by atoms with Gasteiger partial charge < -0.3 is 20.1 Å². The van der Waals surface area contributed by atoms with Gasteiger partial charge >= 0.3 is 0 Å². The van der Waals surface area contributed by atoms with E-state index in [1.807, 2.05) is 11.8 Å². The molecule has 0 radical (unpaired) electrons. The van der Waals surface area contributed by atoms with Crippen LogP contribution in [0.15, 0.2) is 0 Å². The quantitative estimate of drug-likeness (QED) is 0.601. The standard InChI is InChI=1S/C11H22N2O3/c1-10(9-14)8-12-3-2-11(15)13-4-6-16-7-5-13/h10,12,14H,2-9H2,1H3. The van der Waals surface area contributed by atoms with Crippen molar-refractivity contribution in [1.29, 1.82) is 0 Å². The molecule has 1 rings (SSSR count). The molecule has 0 bridgehead atoms. The van der Waals surface area contributed by atoms with Crippen molar-refractivity contribution in [3.8, 4) is 0 Å². The van der Waals surface area contributed by atoms with Crippen molar-refractivity contribution < 1.29 is 14.6 Å². The second-order valence-electron chi connectivity index (χ2n) is 4.24. The first-order chi connectivity index (χ1) is 7.74. The summed E-state index contributed by atoms with van der Waals surface area (Å²) in [5, 5.41) is 12.0. The largest absolute Gasteiger partial charge is 0.396 e. The lowest BCUT2D eigenvalue weighted by atomic mass is 10.2. The molecule has 0 aromatic rings. The topological polar surface area (TPSA) is 61.8 Å². The molecule has 0 aliphatic carbocycles. The number of aliphatic hydroxyl groups is 1. The number of hydrogen-bond donors (Lipinski definition) is 2. The van der Waals surface area contributed by atoms with Crippen molar-refractivity contribution in [2.45, 2.75) is 13.3 Å². The SMILES string of the molecule is CC(CO)CNCCC(=O)N1CCOCC1. The Balaban J connectivity index is 2.05. The highest BCUT2D eigenvalue weighted by Crippen LogP contribution is 1.99. The molecule has 0 spiro atoms. The summed E-state index contributed by atoms with van der Waals surface area (Å²) in [6, 6.07) is 0. The molecule has 1 amide bonds. The zero-order chi connectivity index (χ0) is 11.8. The Labute approximate surface area is 96.8 Å². The molecule has 0 aromatic carbocycles. The van der Waals surface area contributed by atoms with Gasteiger partial charge in [-0.25, -0.2) is 0 Å². The number of rotatable bonds is 6. The van der Waals surface area contributed by atoms with Gasteiger partial charge in [-0.1, -0.05) is 6.92 Å². The fourth-order valence-electron chi connectivity index (χ4n) is 1.58. The number of ether oxygens (including phenoxy) is 1. The van der Waals surface area contributed by atoms with Crippen molar-refractivity contribution in [2.24, 2.45) is 5.92 Å². The van der Waals surface area contributed by atoms with Gasteiger partial charge in [0.1, 0.15) is 0 Å². The predicted octanol–water partition coefficient (Wildman–Crippen LogP) is -0.547. The van der Waals surface area contributed by atoms with Crippen LogP contribution in [0.25, 0.3) is 0 Å². The first kappa shape index (κ1) is 13.4. The Morgan fingerprint density at radius 3 is 2.81 bits per heavy atom. The third-order valence-corrected chi connectivity index (χ3v) is 2.68. The van der Waals surface area contributed by atoms with Gasteiger partial charge in [-0.2, -0.15) is 0 Å². The summed E-state index contributed by atoms with van der Waals surface area (Å²) < 4.78 is 5.18. The van der Waals surface area contributed by atoms with Gasteiger partial charge in [0.15, 0.2) is 0 Å². The van der Waals surface area contributed by atoms with E-state index in [4.69, 9.17) is 9.84 Å². The Hall–Kier alpha value is -0.650. The fraction of sp³-hybridized carbons (Fsp3) is 0.909. The van der Waals surface area contributed by atoms with E-state index >= 15 is 0 Å².